The molecule has 2 aliphatic carbocycles. The fourth-order valence-corrected chi connectivity index (χ4v) is 10.3. The Balaban J connectivity index is 1.15. The molecule has 1 unspecified atom stereocenters. The van der Waals surface area contributed by atoms with Crippen molar-refractivity contribution in [3.05, 3.63) is 150 Å². The second-order valence-corrected chi connectivity index (χ2v) is 16.8. The molecule has 0 saturated heterocycles. The van der Waals surface area contributed by atoms with E-state index in [1.165, 1.54) is 37.7 Å². The third kappa shape index (κ3) is 6.42. The van der Waals surface area contributed by atoms with Crippen molar-refractivity contribution in [1.82, 2.24) is 15.0 Å². The lowest BCUT2D eigenvalue weighted by Gasteiger charge is -2.50. The summed E-state index contributed by atoms with van der Waals surface area (Å²) in [6.45, 7) is 4.89. The second-order valence-electron chi connectivity index (χ2n) is 16.8. The highest BCUT2D eigenvalue weighted by Gasteiger charge is 2.45. The van der Waals surface area contributed by atoms with Crippen molar-refractivity contribution in [2.24, 2.45) is 17.8 Å². The van der Waals surface area contributed by atoms with Crippen LogP contribution in [0.4, 0.5) is 0 Å². The minimum absolute atomic E-state index is 0.247. The fraction of sp³-hybridized carbons (Fsp3) is 0.212. The van der Waals surface area contributed by atoms with Gasteiger partial charge in [-0.3, -0.25) is 0 Å². The average Bonchev–Trinajstić information content (AvgIpc) is 3.65. The van der Waals surface area contributed by atoms with Gasteiger partial charge in [0.15, 0.2) is 17.5 Å². The predicted molar refractivity (Wildman–Crippen MR) is 230 cm³/mol. The lowest BCUT2D eigenvalue weighted by atomic mass is 9.54. The molecule has 6 heteroatoms. The van der Waals surface area contributed by atoms with Gasteiger partial charge in [0.25, 0.3) is 0 Å². The number of fused-ring (bicyclic) bond motifs is 5. The molecule has 6 aromatic carbocycles. The molecule has 0 aliphatic heterocycles. The molecule has 4 atom stereocenters. The molecule has 280 valence electrons. The molecule has 0 spiro atoms. The normalized spacial score (nSPS) is 20.1. The Morgan fingerprint density at radius 1 is 0.534 bits per heavy atom. The third-order valence-electron chi connectivity index (χ3n) is 12.5. The van der Waals surface area contributed by atoms with Crippen LogP contribution in [0.5, 0.6) is 0 Å². The summed E-state index contributed by atoms with van der Waals surface area (Å²) >= 11 is 0. The van der Waals surface area contributed by atoms with Crippen LogP contribution in [0.1, 0.15) is 62.6 Å². The van der Waals surface area contributed by atoms with Crippen LogP contribution in [0.15, 0.2) is 138 Å². The summed E-state index contributed by atoms with van der Waals surface area (Å²) in [5.74, 6) is 3.80. The van der Waals surface area contributed by atoms with Crippen LogP contribution in [0.3, 0.4) is 0 Å². The van der Waals surface area contributed by atoms with Crippen molar-refractivity contribution in [1.29, 1.82) is 10.5 Å². The number of benzene rings is 6. The summed E-state index contributed by atoms with van der Waals surface area (Å²) in [6, 6.07) is 49.5. The first-order chi connectivity index (χ1) is 28.3. The first kappa shape index (κ1) is 35.5. The molecule has 2 fully saturated rings. The van der Waals surface area contributed by atoms with Gasteiger partial charge in [-0.05, 0) is 150 Å². The summed E-state index contributed by atoms with van der Waals surface area (Å²) in [4.78, 5) is 15.1. The van der Waals surface area contributed by atoms with Crippen molar-refractivity contribution in [3.63, 3.8) is 0 Å². The molecule has 58 heavy (non-hydrogen) atoms. The van der Waals surface area contributed by atoms with E-state index in [1.807, 2.05) is 42.5 Å². The van der Waals surface area contributed by atoms with Gasteiger partial charge >= 0.3 is 0 Å². The van der Waals surface area contributed by atoms with E-state index in [0.717, 1.165) is 78.6 Å². The van der Waals surface area contributed by atoms with Gasteiger partial charge in [-0.1, -0.05) is 74.5 Å². The Morgan fingerprint density at radius 3 is 1.69 bits per heavy atom. The average molecular weight is 752 g/mol. The minimum Gasteiger partial charge on any atom is -0.455 e. The number of hydrogen-bond donors (Lipinski definition) is 0. The third-order valence-corrected chi connectivity index (χ3v) is 12.5. The zero-order valence-electron chi connectivity index (χ0n) is 32.6. The molecule has 8 aromatic rings. The van der Waals surface area contributed by atoms with Gasteiger partial charge in [-0.2, -0.15) is 10.5 Å². The summed E-state index contributed by atoms with van der Waals surface area (Å²) in [6.07, 6.45) is 6.53. The maximum absolute atomic E-state index is 9.49. The van der Waals surface area contributed by atoms with Gasteiger partial charge in [-0.15, -0.1) is 0 Å². The van der Waals surface area contributed by atoms with Gasteiger partial charge in [0.1, 0.15) is 11.2 Å². The molecule has 0 amide bonds. The van der Waals surface area contributed by atoms with Crippen LogP contribution in [0.2, 0.25) is 0 Å². The quantitative estimate of drug-likeness (QED) is 0.168. The SMILES string of the molecule is C[C@@H]1C[C@@H]2C[C@H](C)CC(c3ccc(-c4cc(-c5nc(-c6ccc(C#N)cc6)nc(-c6ccc(C#N)cc6)n5)cc(-c5cccc6c5oc5ccccc56)c4)cc3)(C1)C2. The molecule has 0 radical (unpaired) electrons. The highest BCUT2D eigenvalue weighted by atomic mass is 16.3. The van der Waals surface area contributed by atoms with E-state index in [4.69, 9.17) is 19.4 Å². The van der Waals surface area contributed by atoms with Gasteiger partial charge < -0.3 is 4.42 Å². The van der Waals surface area contributed by atoms with Crippen LogP contribution < -0.4 is 0 Å². The van der Waals surface area contributed by atoms with E-state index >= 15 is 0 Å². The van der Waals surface area contributed by atoms with E-state index < -0.39 is 0 Å². The maximum Gasteiger partial charge on any atom is 0.164 e. The Bertz CT molecular complexity index is 2840. The zero-order chi connectivity index (χ0) is 39.4. The van der Waals surface area contributed by atoms with E-state index in [0.29, 0.717) is 28.6 Å². The minimum atomic E-state index is 0.247. The van der Waals surface area contributed by atoms with E-state index in [1.54, 1.807) is 24.3 Å². The number of rotatable bonds is 6. The number of furan rings is 1. The number of nitriles is 2. The molecule has 2 saturated carbocycles. The maximum atomic E-state index is 9.49. The molecule has 6 nitrogen and oxygen atoms in total. The van der Waals surface area contributed by atoms with Crippen molar-refractivity contribution < 1.29 is 4.42 Å². The van der Waals surface area contributed by atoms with Crippen LogP contribution in [0.25, 0.3) is 78.4 Å². The molecular formula is C52H41N5O. The lowest BCUT2D eigenvalue weighted by molar-refractivity contribution is 0.0780. The van der Waals surface area contributed by atoms with Crippen LogP contribution in [0, 0.1) is 40.4 Å². The highest BCUT2D eigenvalue weighted by molar-refractivity contribution is 6.09. The van der Waals surface area contributed by atoms with Crippen LogP contribution in [-0.4, -0.2) is 15.0 Å². The molecule has 2 bridgehead atoms. The van der Waals surface area contributed by atoms with Gasteiger partial charge in [0.05, 0.1) is 23.3 Å². The van der Waals surface area contributed by atoms with Crippen molar-refractivity contribution in [2.45, 2.75) is 51.4 Å². The molecular weight excluding hydrogens is 711 g/mol. The van der Waals surface area contributed by atoms with Crippen LogP contribution >= 0.6 is 0 Å². The lowest BCUT2D eigenvalue weighted by Crippen LogP contribution is -2.42. The Morgan fingerprint density at radius 2 is 1.07 bits per heavy atom. The van der Waals surface area contributed by atoms with E-state index in [2.05, 4.69) is 92.7 Å². The van der Waals surface area contributed by atoms with Gasteiger partial charge in [0, 0.05) is 33.0 Å². The summed E-state index contributed by atoms with van der Waals surface area (Å²) in [5.41, 5.74) is 11.0. The molecule has 0 N–H and O–H groups in total. The summed E-state index contributed by atoms with van der Waals surface area (Å²) < 4.78 is 6.57. The Kier molecular flexibility index (Phi) is 8.72. The fourth-order valence-electron chi connectivity index (χ4n) is 10.3. The summed E-state index contributed by atoms with van der Waals surface area (Å²) in [5, 5.41) is 21.1. The number of para-hydroxylation sites is 2. The number of hydrogen-bond acceptors (Lipinski definition) is 6. The number of aromatic nitrogens is 3. The van der Waals surface area contributed by atoms with Crippen molar-refractivity contribution >= 4 is 21.9 Å². The zero-order valence-corrected chi connectivity index (χ0v) is 32.6. The van der Waals surface area contributed by atoms with Gasteiger partial charge in [0.2, 0.25) is 0 Å². The van der Waals surface area contributed by atoms with Crippen LogP contribution in [-0.2, 0) is 5.41 Å². The molecule has 2 heterocycles. The first-order valence-electron chi connectivity index (χ1n) is 20.3. The highest BCUT2D eigenvalue weighted by Crippen LogP contribution is 2.54. The second kappa shape index (κ2) is 14.2. The Hall–Kier alpha value is -6.89. The van der Waals surface area contributed by atoms with E-state index in [-0.39, 0.29) is 5.41 Å². The molecule has 2 aliphatic rings. The summed E-state index contributed by atoms with van der Waals surface area (Å²) in [7, 11) is 0. The standard InChI is InChI=1S/C52H41N5O/c1-32-22-36-23-33(2)28-52(27-32,29-36)43-20-18-37(19-21-43)40-24-41(44-7-5-8-46-45-6-3-4-9-47(45)58-48(44)46)26-42(25-40)51-56-49(38-14-10-34(30-53)11-15-38)55-50(57-51)39-16-12-35(31-54)13-17-39/h3-21,24-26,32-33,36H,22-23,27-29H2,1-2H3/t32-,33+,36-,52?. The van der Waals surface area contributed by atoms with E-state index in [9.17, 15) is 10.5 Å². The Labute approximate surface area is 338 Å². The molecule has 2 aromatic heterocycles. The van der Waals surface area contributed by atoms with Crippen molar-refractivity contribution in [3.8, 4) is 68.6 Å². The largest absolute Gasteiger partial charge is 0.455 e. The predicted octanol–water partition coefficient (Wildman–Crippen LogP) is 13.0. The topological polar surface area (TPSA) is 99.4 Å². The smallest absolute Gasteiger partial charge is 0.164 e. The molecule has 10 rings (SSSR count). The van der Waals surface area contributed by atoms with Crippen molar-refractivity contribution in [2.75, 3.05) is 0 Å². The monoisotopic (exact) mass is 751 g/mol. The van der Waals surface area contributed by atoms with Gasteiger partial charge in [-0.25, -0.2) is 15.0 Å². The first-order valence-corrected chi connectivity index (χ1v) is 20.3. The number of nitrogens with zero attached hydrogens (tertiary/aromatic N) is 5.